The topological polar surface area (TPSA) is 48.6 Å². The minimum atomic E-state index is 0.0931. The van der Waals surface area contributed by atoms with Crippen molar-refractivity contribution in [2.45, 2.75) is 25.7 Å². The number of nitrogens with zero attached hydrogens (tertiary/aromatic N) is 2. The number of rotatable bonds is 3. The van der Waals surface area contributed by atoms with Crippen LogP contribution in [0.5, 0.6) is 0 Å². The van der Waals surface area contributed by atoms with E-state index in [0.29, 0.717) is 0 Å². The lowest BCUT2D eigenvalue weighted by Gasteiger charge is -2.43. The number of benzene rings is 1. The smallest absolute Gasteiger partial charge is 0.253 e. The second-order valence-electron chi connectivity index (χ2n) is 8.84. The molecule has 1 amide bonds. The van der Waals surface area contributed by atoms with Crippen LogP contribution in [-0.2, 0) is 4.74 Å². The third-order valence-corrected chi connectivity index (χ3v) is 6.48. The first-order valence-electron chi connectivity index (χ1n) is 10.4. The summed E-state index contributed by atoms with van der Waals surface area (Å²) in [4.78, 5) is 21.1. The normalized spacial score (nSPS) is 27.2. The number of aromatic amines is 1. The van der Waals surface area contributed by atoms with Crippen LogP contribution in [0.15, 0.2) is 30.5 Å². The Morgan fingerprint density at radius 1 is 1.22 bits per heavy atom. The molecule has 1 aromatic heterocycles. The predicted molar refractivity (Wildman–Crippen MR) is 106 cm³/mol. The molecule has 5 heteroatoms. The SMILES string of the molecule is O=C(c1ccc2cc[nH]c2c1)N1CCC[C@@]2(COCCN(CC3CC3)C2)C1. The maximum absolute atomic E-state index is 13.2. The second-order valence-corrected chi connectivity index (χ2v) is 8.84. The van der Waals surface area contributed by atoms with Gasteiger partial charge in [0.2, 0.25) is 0 Å². The van der Waals surface area contributed by atoms with Crippen molar-refractivity contribution in [1.82, 2.24) is 14.8 Å². The van der Waals surface area contributed by atoms with E-state index in [2.05, 4.69) is 14.8 Å². The van der Waals surface area contributed by atoms with Crippen molar-refractivity contribution in [1.29, 1.82) is 0 Å². The van der Waals surface area contributed by atoms with Crippen LogP contribution in [0.4, 0.5) is 0 Å². The van der Waals surface area contributed by atoms with Crippen LogP contribution < -0.4 is 0 Å². The van der Waals surface area contributed by atoms with Crippen LogP contribution >= 0.6 is 0 Å². The van der Waals surface area contributed by atoms with Crippen LogP contribution in [0.1, 0.15) is 36.0 Å². The Hall–Kier alpha value is -1.85. The molecule has 1 N–H and O–H groups in total. The van der Waals surface area contributed by atoms with E-state index >= 15 is 0 Å². The van der Waals surface area contributed by atoms with Crippen molar-refractivity contribution in [3.8, 4) is 0 Å². The van der Waals surface area contributed by atoms with E-state index < -0.39 is 0 Å². The van der Waals surface area contributed by atoms with Gasteiger partial charge in [0.05, 0.1) is 13.2 Å². The van der Waals surface area contributed by atoms with Crippen molar-refractivity contribution in [2.75, 3.05) is 45.9 Å². The van der Waals surface area contributed by atoms with Crippen molar-refractivity contribution in [3.05, 3.63) is 36.0 Å². The number of fused-ring (bicyclic) bond motifs is 1. The maximum Gasteiger partial charge on any atom is 0.253 e. The summed E-state index contributed by atoms with van der Waals surface area (Å²) in [5, 5.41) is 1.15. The zero-order valence-electron chi connectivity index (χ0n) is 16.0. The van der Waals surface area contributed by atoms with Crippen LogP contribution in [0.3, 0.4) is 0 Å². The molecule has 2 saturated heterocycles. The number of aromatic nitrogens is 1. The minimum absolute atomic E-state index is 0.0931. The first kappa shape index (κ1) is 17.3. The first-order chi connectivity index (χ1) is 13.2. The third kappa shape index (κ3) is 3.63. The molecule has 3 heterocycles. The van der Waals surface area contributed by atoms with E-state index in [1.807, 2.05) is 30.5 Å². The number of likely N-dealkylation sites (tertiary alicyclic amines) is 1. The fourth-order valence-electron chi connectivity index (χ4n) is 4.89. The van der Waals surface area contributed by atoms with Gasteiger partial charge < -0.3 is 19.5 Å². The van der Waals surface area contributed by atoms with Crippen LogP contribution in [-0.4, -0.2) is 66.6 Å². The standard InChI is InChI=1S/C22H29N3O2/c26-21(19-5-4-18-6-8-23-20(18)12-19)25-9-1-7-22(15-25)14-24(10-11-27-16-22)13-17-2-3-17/h4-6,8,12,17,23H,1-3,7,9-11,13-16H2/t22-/m0/s1. The number of carbonyl (C=O) groups is 1. The highest BCUT2D eigenvalue weighted by atomic mass is 16.5. The Morgan fingerprint density at radius 3 is 3.04 bits per heavy atom. The third-order valence-electron chi connectivity index (χ3n) is 6.48. The maximum atomic E-state index is 13.2. The van der Waals surface area contributed by atoms with Gasteiger partial charge in [-0.2, -0.15) is 0 Å². The molecule has 1 aliphatic carbocycles. The summed E-state index contributed by atoms with van der Waals surface area (Å²) in [5.74, 6) is 1.05. The molecule has 0 unspecified atom stereocenters. The number of amides is 1. The molecule has 3 fully saturated rings. The summed E-state index contributed by atoms with van der Waals surface area (Å²) < 4.78 is 6.02. The molecule has 3 aliphatic rings. The van der Waals surface area contributed by atoms with Crippen LogP contribution in [0.2, 0.25) is 0 Å². The molecule has 144 valence electrons. The number of hydrogen-bond acceptors (Lipinski definition) is 3. The fourth-order valence-corrected chi connectivity index (χ4v) is 4.89. The molecule has 0 radical (unpaired) electrons. The van der Waals surface area contributed by atoms with E-state index in [1.165, 1.54) is 19.4 Å². The molecule has 2 aromatic rings. The highest BCUT2D eigenvalue weighted by Gasteiger charge is 2.41. The molecule has 5 nitrogen and oxygen atoms in total. The van der Waals surface area contributed by atoms with E-state index in [1.54, 1.807) is 0 Å². The van der Waals surface area contributed by atoms with Crippen molar-refractivity contribution < 1.29 is 9.53 Å². The molecule has 0 bridgehead atoms. The summed E-state index contributed by atoms with van der Waals surface area (Å²) in [6, 6.07) is 8.02. The van der Waals surface area contributed by atoms with Crippen molar-refractivity contribution in [2.24, 2.45) is 11.3 Å². The molecule has 27 heavy (non-hydrogen) atoms. The molecule has 2 aliphatic heterocycles. The lowest BCUT2D eigenvalue weighted by atomic mass is 9.79. The van der Waals surface area contributed by atoms with Gasteiger partial charge in [0, 0.05) is 55.4 Å². The Morgan fingerprint density at radius 2 is 2.15 bits per heavy atom. The van der Waals surface area contributed by atoms with Gasteiger partial charge in [0.15, 0.2) is 0 Å². The molecule has 1 saturated carbocycles. The Balaban J connectivity index is 1.33. The van der Waals surface area contributed by atoms with Gasteiger partial charge >= 0.3 is 0 Å². The van der Waals surface area contributed by atoms with Crippen molar-refractivity contribution in [3.63, 3.8) is 0 Å². The van der Waals surface area contributed by atoms with Gasteiger partial charge in [-0.05, 0) is 55.2 Å². The Kier molecular flexibility index (Phi) is 4.44. The lowest BCUT2D eigenvalue weighted by Crippen LogP contribution is -2.52. The average Bonchev–Trinajstić information content (AvgIpc) is 3.41. The summed E-state index contributed by atoms with van der Waals surface area (Å²) in [5.41, 5.74) is 1.91. The average molecular weight is 367 g/mol. The van der Waals surface area contributed by atoms with Gasteiger partial charge in [-0.15, -0.1) is 0 Å². The number of H-pyrrole nitrogens is 1. The number of carbonyl (C=O) groups excluding carboxylic acids is 1. The first-order valence-corrected chi connectivity index (χ1v) is 10.4. The summed E-state index contributed by atoms with van der Waals surface area (Å²) in [6.45, 7) is 6.60. The lowest BCUT2D eigenvalue weighted by molar-refractivity contribution is 0.00718. The van der Waals surface area contributed by atoms with Gasteiger partial charge in [-0.3, -0.25) is 4.79 Å². The van der Waals surface area contributed by atoms with Crippen molar-refractivity contribution >= 4 is 16.8 Å². The highest BCUT2D eigenvalue weighted by molar-refractivity contribution is 5.98. The largest absolute Gasteiger partial charge is 0.379 e. The number of piperidine rings is 1. The summed E-state index contributed by atoms with van der Waals surface area (Å²) in [6.07, 6.45) is 6.92. The molecule has 5 rings (SSSR count). The summed E-state index contributed by atoms with van der Waals surface area (Å²) >= 11 is 0. The number of hydrogen-bond donors (Lipinski definition) is 1. The van der Waals surface area contributed by atoms with Crippen LogP contribution in [0, 0.1) is 11.3 Å². The van der Waals surface area contributed by atoms with Crippen LogP contribution in [0.25, 0.3) is 10.9 Å². The predicted octanol–water partition coefficient (Wildman–Crippen LogP) is 3.13. The fraction of sp³-hybridized carbons (Fsp3) is 0.591. The van der Waals surface area contributed by atoms with E-state index in [9.17, 15) is 4.79 Å². The minimum Gasteiger partial charge on any atom is -0.379 e. The number of nitrogens with one attached hydrogen (secondary N) is 1. The molecule has 1 aromatic carbocycles. The molecular formula is C22H29N3O2. The molecular weight excluding hydrogens is 338 g/mol. The van der Waals surface area contributed by atoms with Gasteiger partial charge in [-0.25, -0.2) is 0 Å². The Bertz CT molecular complexity index is 828. The zero-order valence-corrected chi connectivity index (χ0v) is 16.0. The molecule has 1 atom stereocenters. The number of ether oxygens (including phenoxy) is 1. The van der Waals surface area contributed by atoms with Gasteiger partial charge in [0.1, 0.15) is 0 Å². The quantitative estimate of drug-likeness (QED) is 0.907. The highest BCUT2D eigenvalue weighted by Crippen LogP contribution is 2.36. The van der Waals surface area contributed by atoms with E-state index in [0.717, 1.165) is 74.6 Å². The van der Waals surface area contributed by atoms with Gasteiger partial charge in [-0.1, -0.05) is 6.07 Å². The van der Waals surface area contributed by atoms with Gasteiger partial charge in [0.25, 0.3) is 5.91 Å². The summed E-state index contributed by atoms with van der Waals surface area (Å²) in [7, 11) is 0. The van der Waals surface area contributed by atoms with E-state index in [4.69, 9.17) is 4.74 Å². The second kappa shape index (κ2) is 6.95. The Labute approximate surface area is 160 Å². The molecule has 1 spiro atoms. The monoisotopic (exact) mass is 367 g/mol. The van der Waals surface area contributed by atoms with E-state index in [-0.39, 0.29) is 11.3 Å². The zero-order chi connectivity index (χ0) is 18.3.